The maximum atomic E-state index is 11.7. The van der Waals surface area contributed by atoms with E-state index >= 15 is 0 Å². The fourth-order valence-corrected chi connectivity index (χ4v) is 1.96. The minimum absolute atomic E-state index is 0. The average Bonchev–Trinajstić information content (AvgIpc) is 2.47. The summed E-state index contributed by atoms with van der Waals surface area (Å²) in [5.74, 6) is 0. The third-order valence-electron chi connectivity index (χ3n) is 2.94. The standard InChI is InChI=1S/C12H18N2O2.C2H3N.Cs/c15-12(14-8-6-13-7-9-14)16-10-11-4-2-1-3-5-11;1-2-3;/h2,4-5,13H,1,3,6-10H2;1H3;/q;;+1/p+1. The second-order valence-electron chi connectivity index (χ2n) is 4.41. The van der Waals surface area contributed by atoms with Gasteiger partial charge in [-0.1, -0.05) is 18.2 Å². The Bertz CT molecular complexity index is 382. The largest absolute Gasteiger partial charge is 1.00 e. The molecule has 0 radical (unpaired) electrons. The Labute approximate surface area is 179 Å². The van der Waals surface area contributed by atoms with Gasteiger partial charge in [0.25, 0.3) is 0 Å². The van der Waals surface area contributed by atoms with Gasteiger partial charge < -0.3 is 10.1 Å². The molecule has 1 heterocycles. The van der Waals surface area contributed by atoms with Crippen LogP contribution in [0.2, 0.25) is 0 Å². The molecule has 0 aromatic heterocycles. The number of amides is 1. The quantitative estimate of drug-likeness (QED) is 0.538. The first kappa shape index (κ1) is 20.4. The Morgan fingerprint density at radius 2 is 2.10 bits per heavy atom. The van der Waals surface area contributed by atoms with Gasteiger partial charge in [0.15, 0.2) is 0 Å². The van der Waals surface area contributed by atoms with Crippen molar-refractivity contribution < 1.29 is 83.3 Å². The molecule has 1 aliphatic heterocycles. The van der Waals surface area contributed by atoms with Crippen LogP contribution in [0.3, 0.4) is 0 Å². The van der Waals surface area contributed by atoms with Crippen molar-refractivity contribution in [2.75, 3.05) is 32.8 Å². The molecule has 0 saturated carbocycles. The number of nitrogens with one attached hydrogen (secondary N) is 2. The van der Waals surface area contributed by atoms with Gasteiger partial charge in [-0.25, -0.2) is 4.90 Å². The zero-order valence-electron chi connectivity index (χ0n) is 12.4. The molecular formula is C14H22CsN3O2+2. The van der Waals surface area contributed by atoms with Crippen molar-refractivity contribution in [2.45, 2.75) is 19.8 Å². The second kappa shape index (κ2) is 13.1. The predicted octanol–water partition coefficient (Wildman–Crippen LogP) is -2.58. The van der Waals surface area contributed by atoms with Crippen LogP contribution in [-0.4, -0.2) is 38.9 Å². The summed E-state index contributed by atoms with van der Waals surface area (Å²) >= 11 is 0. The molecule has 1 aliphatic carbocycles. The summed E-state index contributed by atoms with van der Waals surface area (Å²) in [5, 5.41) is 10.5. The first-order chi connectivity index (χ1) is 9.27. The molecule has 2 rings (SSSR count). The van der Waals surface area contributed by atoms with Gasteiger partial charge >= 0.3 is 75.0 Å². The number of quaternary nitrogens is 1. The number of nitrogens with zero attached hydrogens (tertiary/aromatic N) is 1. The molecule has 2 N–H and O–H groups in total. The Balaban J connectivity index is 0.000000830. The van der Waals surface area contributed by atoms with Crippen LogP contribution < -0.4 is 79.1 Å². The van der Waals surface area contributed by atoms with E-state index in [4.69, 9.17) is 10.00 Å². The van der Waals surface area contributed by atoms with Crippen molar-refractivity contribution in [3.8, 4) is 6.07 Å². The molecule has 0 aromatic carbocycles. The summed E-state index contributed by atoms with van der Waals surface area (Å²) < 4.78 is 5.30. The van der Waals surface area contributed by atoms with Gasteiger partial charge in [-0.15, -0.1) is 0 Å². The maximum absolute atomic E-state index is 11.7. The van der Waals surface area contributed by atoms with Crippen molar-refractivity contribution in [3.63, 3.8) is 0 Å². The number of allylic oxidation sites excluding steroid dienone is 2. The molecule has 6 heteroatoms. The third kappa shape index (κ3) is 8.64. The van der Waals surface area contributed by atoms with Gasteiger partial charge in [-0.05, 0) is 18.4 Å². The van der Waals surface area contributed by atoms with Crippen LogP contribution in [-0.2, 0) is 4.74 Å². The summed E-state index contributed by atoms with van der Waals surface area (Å²) in [6.07, 6.45) is 8.36. The number of nitriles is 1. The van der Waals surface area contributed by atoms with E-state index in [1.54, 1.807) is 6.07 Å². The third-order valence-corrected chi connectivity index (χ3v) is 2.94. The van der Waals surface area contributed by atoms with E-state index in [1.807, 2.05) is 6.08 Å². The number of rotatable bonds is 2. The molecule has 1 saturated heterocycles. The van der Waals surface area contributed by atoms with Crippen molar-refractivity contribution in [1.82, 2.24) is 5.32 Å². The smallest absolute Gasteiger partial charge is 0.415 e. The van der Waals surface area contributed by atoms with Crippen LogP contribution in [0.1, 0.15) is 19.8 Å². The molecule has 1 fully saturated rings. The van der Waals surface area contributed by atoms with Gasteiger partial charge in [-0.2, -0.15) is 10.1 Å². The number of alkyl carbamates (subject to hydrolysis) is 2. The number of piperazine rings is 1. The van der Waals surface area contributed by atoms with Crippen LogP contribution in [0, 0.1) is 11.3 Å². The molecule has 0 aromatic rings. The van der Waals surface area contributed by atoms with Crippen LogP contribution >= 0.6 is 0 Å². The van der Waals surface area contributed by atoms with E-state index in [-0.39, 0.29) is 75.0 Å². The number of hydrogen-bond donors (Lipinski definition) is 2. The molecule has 104 valence electrons. The minimum atomic E-state index is -0.110. The second-order valence-corrected chi connectivity index (χ2v) is 4.41. The predicted molar refractivity (Wildman–Crippen MR) is 72.7 cm³/mol. The van der Waals surface area contributed by atoms with Crippen molar-refractivity contribution >= 4 is 6.09 Å². The average molecular weight is 397 g/mol. The van der Waals surface area contributed by atoms with Crippen LogP contribution in [0.25, 0.3) is 0 Å². The minimum Gasteiger partial charge on any atom is -0.415 e. The first-order valence-electron chi connectivity index (χ1n) is 6.67. The van der Waals surface area contributed by atoms with Crippen LogP contribution in [0.15, 0.2) is 23.8 Å². The van der Waals surface area contributed by atoms with Crippen molar-refractivity contribution in [1.29, 1.82) is 5.26 Å². The Kier molecular flexibility index (Phi) is 13.4. The topological polar surface area (TPSA) is 66.6 Å². The van der Waals surface area contributed by atoms with Gasteiger partial charge in [0.1, 0.15) is 6.61 Å². The van der Waals surface area contributed by atoms with E-state index in [1.165, 1.54) is 6.92 Å². The normalized spacial score (nSPS) is 17.7. The maximum Gasteiger partial charge on any atom is 1.00 e. The Morgan fingerprint density at radius 1 is 1.45 bits per heavy atom. The van der Waals surface area contributed by atoms with E-state index in [2.05, 4.69) is 17.5 Å². The molecule has 0 spiro atoms. The van der Waals surface area contributed by atoms with Gasteiger partial charge in [-0.3, -0.25) is 0 Å². The molecule has 1 amide bonds. The molecule has 5 nitrogen and oxygen atoms in total. The fourth-order valence-electron chi connectivity index (χ4n) is 1.96. The fraction of sp³-hybridized carbons (Fsp3) is 0.571. The molecule has 0 bridgehead atoms. The van der Waals surface area contributed by atoms with E-state index in [9.17, 15) is 4.79 Å². The number of carbonyl (C=O) groups excluding carboxylic acids is 1. The number of hydrogen-bond acceptors (Lipinski definition) is 4. The summed E-state index contributed by atoms with van der Waals surface area (Å²) in [4.78, 5) is 12.6. The Hall–Kier alpha value is 0.412. The number of carbonyl (C=O) groups is 1. The zero-order chi connectivity index (χ0) is 13.9. The monoisotopic (exact) mass is 397 g/mol. The van der Waals surface area contributed by atoms with Crippen molar-refractivity contribution in [3.05, 3.63) is 23.8 Å². The van der Waals surface area contributed by atoms with Gasteiger partial charge in [0.2, 0.25) is 0 Å². The van der Waals surface area contributed by atoms with Crippen molar-refractivity contribution in [2.24, 2.45) is 0 Å². The van der Waals surface area contributed by atoms with E-state index in [0.29, 0.717) is 6.61 Å². The summed E-state index contributed by atoms with van der Waals surface area (Å²) in [5.41, 5.74) is 1.12. The van der Waals surface area contributed by atoms with E-state index < -0.39 is 0 Å². The molecule has 20 heavy (non-hydrogen) atoms. The SMILES string of the molecule is CC#N.O=C(OCC1=CCCC=C1)[NH+]1CCNCC1.[Cs+]. The van der Waals surface area contributed by atoms with Crippen LogP contribution in [0.4, 0.5) is 4.79 Å². The number of ether oxygens (including phenoxy) is 1. The van der Waals surface area contributed by atoms with E-state index in [0.717, 1.165) is 49.5 Å². The zero-order valence-corrected chi connectivity index (χ0v) is 18.7. The molecule has 0 unspecified atom stereocenters. The molecular weight excluding hydrogens is 375 g/mol. The summed E-state index contributed by atoms with van der Waals surface area (Å²) in [6.45, 7) is 5.30. The van der Waals surface area contributed by atoms with Gasteiger partial charge in [0.05, 0.1) is 19.2 Å². The molecule has 2 aliphatic rings. The molecule has 0 atom stereocenters. The van der Waals surface area contributed by atoms with Crippen LogP contribution in [0.5, 0.6) is 0 Å². The summed E-state index contributed by atoms with van der Waals surface area (Å²) in [7, 11) is 0. The summed E-state index contributed by atoms with van der Waals surface area (Å²) in [6, 6.07) is 1.75. The van der Waals surface area contributed by atoms with Gasteiger partial charge in [0, 0.05) is 20.0 Å². The Morgan fingerprint density at radius 3 is 2.65 bits per heavy atom. The first-order valence-corrected chi connectivity index (χ1v) is 6.67.